The highest BCUT2D eigenvalue weighted by Gasteiger charge is 2.23. The van der Waals surface area contributed by atoms with Crippen LogP contribution in [0.1, 0.15) is 24.8 Å². The van der Waals surface area contributed by atoms with Gasteiger partial charge in [-0.25, -0.2) is 4.39 Å². The van der Waals surface area contributed by atoms with Crippen molar-refractivity contribution in [1.82, 2.24) is 5.32 Å². The monoisotopic (exact) mass is 269 g/mol. The molecule has 19 heavy (non-hydrogen) atoms. The van der Waals surface area contributed by atoms with E-state index in [-0.39, 0.29) is 11.8 Å². The van der Waals surface area contributed by atoms with Gasteiger partial charge < -0.3 is 19.9 Å². The second-order valence-electron chi connectivity index (χ2n) is 4.77. The summed E-state index contributed by atoms with van der Waals surface area (Å²) in [6.07, 6.45) is 3.85. The summed E-state index contributed by atoms with van der Waals surface area (Å²) >= 11 is 0. The molecule has 2 rings (SSSR count). The number of benzene rings is 1. The summed E-state index contributed by atoms with van der Waals surface area (Å²) in [5, 5.41) is 13.3. The van der Waals surface area contributed by atoms with Crippen molar-refractivity contribution in [1.29, 1.82) is 0 Å². The van der Waals surface area contributed by atoms with E-state index in [1.807, 2.05) is 0 Å². The molecule has 0 aliphatic carbocycles. The molecule has 4 nitrogen and oxygen atoms in total. The van der Waals surface area contributed by atoms with E-state index in [2.05, 4.69) is 5.32 Å². The number of aromatic hydroxyl groups is 1. The second-order valence-corrected chi connectivity index (χ2v) is 4.77. The van der Waals surface area contributed by atoms with Gasteiger partial charge in [0.15, 0.2) is 23.1 Å². The summed E-state index contributed by atoms with van der Waals surface area (Å²) in [4.78, 5) is 0. The largest absolute Gasteiger partial charge is 0.505 e. The summed E-state index contributed by atoms with van der Waals surface area (Å²) in [6, 6.07) is 1.38. The van der Waals surface area contributed by atoms with Gasteiger partial charge in [-0.2, -0.15) is 0 Å². The molecular formula is C14H20FNO3. The highest BCUT2D eigenvalue weighted by Crippen LogP contribution is 2.40. The zero-order chi connectivity index (χ0) is 13.8. The molecule has 1 aliphatic heterocycles. The minimum Gasteiger partial charge on any atom is -0.505 e. The Morgan fingerprint density at radius 1 is 1.37 bits per heavy atom. The highest BCUT2D eigenvalue weighted by molar-refractivity contribution is 5.54. The molecule has 1 aliphatic rings. The van der Waals surface area contributed by atoms with E-state index in [4.69, 9.17) is 9.47 Å². The fourth-order valence-electron chi connectivity index (χ4n) is 2.56. The van der Waals surface area contributed by atoms with Crippen LogP contribution < -0.4 is 14.8 Å². The Hall–Kier alpha value is -1.49. The van der Waals surface area contributed by atoms with Gasteiger partial charge in [-0.05, 0) is 25.8 Å². The summed E-state index contributed by atoms with van der Waals surface area (Å²) in [6.45, 7) is 0.959. The molecular weight excluding hydrogens is 249 g/mol. The van der Waals surface area contributed by atoms with Crippen LogP contribution in [0.3, 0.4) is 0 Å². The second kappa shape index (κ2) is 6.10. The first-order chi connectivity index (χ1) is 9.17. The highest BCUT2D eigenvalue weighted by atomic mass is 19.1. The lowest BCUT2D eigenvalue weighted by atomic mass is 9.96. The lowest BCUT2D eigenvalue weighted by Crippen LogP contribution is -2.35. The predicted molar refractivity (Wildman–Crippen MR) is 70.5 cm³/mol. The Morgan fingerprint density at radius 3 is 2.74 bits per heavy atom. The minimum absolute atomic E-state index is 0.236. The van der Waals surface area contributed by atoms with Gasteiger partial charge in [0, 0.05) is 17.7 Å². The molecule has 0 saturated carbocycles. The van der Waals surface area contributed by atoms with Crippen molar-refractivity contribution < 1.29 is 19.0 Å². The van der Waals surface area contributed by atoms with Crippen LogP contribution in [-0.2, 0) is 6.42 Å². The zero-order valence-electron chi connectivity index (χ0n) is 11.3. The molecule has 5 heteroatoms. The third-order valence-corrected chi connectivity index (χ3v) is 3.55. The van der Waals surface area contributed by atoms with E-state index in [9.17, 15) is 9.50 Å². The number of piperidine rings is 1. The average Bonchev–Trinajstić information content (AvgIpc) is 2.44. The van der Waals surface area contributed by atoms with E-state index in [0.717, 1.165) is 31.9 Å². The van der Waals surface area contributed by atoms with Crippen molar-refractivity contribution in [2.45, 2.75) is 31.7 Å². The predicted octanol–water partition coefficient (Wildman–Crippen LogP) is 2.23. The van der Waals surface area contributed by atoms with Crippen molar-refractivity contribution in [2.75, 3.05) is 20.8 Å². The average molecular weight is 269 g/mol. The molecule has 1 fully saturated rings. The van der Waals surface area contributed by atoms with E-state index < -0.39 is 5.82 Å². The summed E-state index contributed by atoms with van der Waals surface area (Å²) < 4.78 is 24.1. The first-order valence-electron chi connectivity index (χ1n) is 6.53. The Kier molecular flexibility index (Phi) is 4.47. The molecule has 1 atom stereocenters. The maximum Gasteiger partial charge on any atom is 0.169 e. The molecule has 1 aromatic rings. The van der Waals surface area contributed by atoms with Gasteiger partial charge in [-0.3, -0.25) is 0 Å². The molecule has 0 bridgehead atoms. The molecule has 0 spiro atoms. The third-order valence-electron chi connectivity index (χ3n) is 3.55. The van der Waals surface area contributed by atoms with Crippen LogP contribution in [0.25, 0.3) is 0 Å². The quantitative estimate of drug-likeness (QED) is 0.880. The summed E-state index contributed by atoms with van der Waals surface area (Å²) in [5.41, 5.74) is 0.471. The van der Waals surface area contributed by atoms with Crippen LogP contribution >= 0.6 is 0 Å². The van der Waals surface area contributed by atoms with Gasteiger partial charge in [0.2, 0.25) is 0 Å². The van der Waals surface area contributed by atoms with Gasteiger partial charge in [-0.15, -0.1) is 0 Å². The molecule has 106 valence electrons. The lowest BCUT2D eigenvalue weighted by Gasteiger charge is -2.25. The molecule has 1 heterocycles. The smallest absolute Gasteiger partial charge is 0.169 e. The zero-order valence-corrected chi connectivity index (χ0v) is 11.3. The molecule has 0 aromatic heterocycles. The number of phenols is 1. The van der Waals surface area contributed by atoms with E-state index >= 15 is 0 Å². The van der Waals surface area contributed by atoms with Crippen molar-refractivity contribution in [3.8, 4) is 17.2 Å². The lowest BCUT2D eigenvalue weighted by molar-refractivity contribution is 0.331. The number of methoxy groups -OCH3 is 2. The number of hydrogen-bond acceptors (Lipinski definition) is 4. The normalized spacial score (nSPS) is 19.2. The molecule has 0 amide bonds. The number of phenolic OH excluding ortho intramolecular Hbond substituents is 1. The maximum absolute atomic E-state index is 13.7. The summed E-state index contributed by atoms with van der Waals surface area (Å²) in [7, 11) is 2.95. The van der Waals surface area contributed by atoms with Crippen molar-refractivity contribution >= 4 is 0 Å². The van der Waals surface area contributed by atoms with Gasteiger partial charge in [-0.1, -0.05) is 6.42 Å². The van der Waals surface area contributed by atoms with Crippen LogP contribution in [-0.4, -0.2) is 31.9 Å². The topological polar surface area (TPSA) is 50.7 Å². The first-order valence-corrected chi connectivity index (χ1v) is 6.53. The molecule has 1 unspecified atom stereocenters. The Bertz CT molecular complexity index is 445. The van der Waals surface area contributed by atoms with Crippen LogP contribution in [0, 0.1) is 5.82 Å². The number of nitrogens with one attached hydrogen (secondary N) is 1. The molecule has 0 radical (unpaired) electrons. The van der Waals surface area contributed by atoms with Crippen molar-refractivity contribution in [2.24, 2.45) is 0 Å². The van der Waals surface area contributed by atoms with Crippen molar-refractivity contribution in [3.63, 3.8) is 0 Å². The fraction of sp³-hybridized carbons (Fsp3) is 0.571. The number of hydrogen-bond donors (Lipinski definition) is 2. The maximum atomic E-state index is 13.7. The standard InChI is InChI=1S/C14H20FNO3/c1-18-12-8-11(15)13(17)10(14(12)19-2)7-9-5-3-4-6-16-9/h8-9,16-17H,3-7H2,1-2H3. The van der Waals surface area contributed by atoms with Crippen LogP contribution in [0.2, 0.25) is 0 Å². The van der Waals surface area contributed by atoms with Gasteiger partial charge >= 0.3 is 0 Å². The van der Waals surface area contributed by atoms with Crippen LogP contribution in [0.15, 0.2) is 6.07 Å². The molecule has 2 N–H and O–H groups in total. The Labute approximate surface area is 112 Å². The number of halogens is 1. The fourth-order valence-corrected chi connectivity index (χ4v) is 2.56. The summed E-state index contributed by atoms with van der Waals surface area (Å²) in [5.74, 6) is -0.300. The van der Waals surface area contributed by atoms with Crippen molar-refractivity contribution in [3.05, 3.63) is 17.4 Å². The van der Waals surface area contributed by atoms with Gasteiger partial charge in [0.05, 0.1) is 14.2 Å². The number of rotatable bonds is 4. The SMILES string of the molecule is COc1cc(F)c(O)c(CC2CCCCN2)c1OC. The Morgan fingerprint density at radius 2 is 2.16 bits per heavy atom. The molecule has 1 aromatic carbocycles. The van der Waals surface area contributed by atoms with E-state index in [0.29, 0.717) is 23.5 Å². The molecule has 1 saturated heterocycles. The van der Waals surface area contributed by atoms with E-state index in [1.54, 1.807) is 0 Å². The third kappa shape index (κ3) is 2.92. The van der Waals surface area contributed by atoms with Gasteiger partial charge in [0.25, 0.3) is 0 Å². The Balaban J connectivity index is 2.33. The van der Waals surface area contributed by atoms with E-state index in [1.165, 1.54) is 14.2 Å². The van der Waals surface area contributed by atoms with Crippen LogP contribution in [0.5, 0.6) is 17.2 Å². The first kappa shape index (κ1) is 13.9. The minimum atomic E-state index is -0.677. The van der Waals surface area contributed by atoms with Crippen LogP contribution in [0.4, 0.5) is 4.39 Å². The van der Waals surface area contributed by atoms with Gasteiger partial charge in [0.1, 0.15) is 0 Å². The number of ether oxygens (including phenoxy) is 2.